The first kappa shape index (κ1) is 11.4. The lowest BCUT2D eigenvalue weighted by Crippen LogP contribution is -2.18. The highest BCUT2D eigenvalue weighted by molar-refractivity contribution is 7.98. The van der Waals surface area contributed by atoms with E-state index in [4.69, 9.17) is 0 Å². The van der Waals surface area contributed by atoms with Crippen molar-refractivity contribution >= 4 is 28.8 Å². The molecule has 1 aromatic heterocycles. The van der Waals surface area contributed by atoms with Gasteiger partial charge in [0.15, 0.2) is 0 Å². The van der Waals surface area contributed by atoms with Crippen molar-refractivity contribution in [3.63, 3.8) is 0 Å². The Labute approximate surface area is 116 Å². The summed E-state index contributed by atoms with van der Waals surface area (Å²) in [6, 6.07) is 8.18. The monoisotopic (exact) mass is 272 g/mol. The molecular weight excluding hydrogens is 256 g/mol. The van der Waals surface area contributed by atoms with Gasteiger partial charge in [0, 0.05) is 17.5 Å². The average molecular weight is 272 g/mol. The summed E-state index contributed by atoms with van der Waals surface area (Å²) in [5.74, 6) is 2.03. The fourth-order valence-electron chi connectivity index (χ4n) is 2.88. The summed E-state index contributed by atoms with van der Waals surface area (Å²) in [5, 5.41) is 1.18. The minimum atomic E-state index is 0.213. The first-order chi connectivity index (χ1) is 9.33. The number of benzene rings is 1. The van der Waals surface area contributed by atoms with Gasteiger partial charge < -0.3 is 4.98 Å². The van der Waals surface area contributed by atoms with E-state index in [1.807, 2.05) is 24.4 Å². The molecule has 2 atom stereocenters. The van der Waals surface area contributed by atoms with Gasteiger partial charge >= 0.3 is 0 Å². The first-order valence-electron chi connectivity index (χ1n) is 6.86. The van der Waals surface area contributed by atoms with E-state index < -0.39 is 0 Å². The molecule has 2 aromatic rings. The van der Waals surface area contributed by atoms with Crippen LogP contribution in [0.5, 0.6) is 0 Å². The molecule has 1 amide bonds. The zero-order valence-corrected chi connectivity index (χ0v) is 11.4. The summed E-state index contributed by atoms with van der Waals surface area (Å²) in [4.78, 5) is 16.4. The summed E-state index contributed by atoms with van der Waals surface area (Å²) in [5.41, 5.74) is 1.10. The van der Waals surface area contributed by atoms with Crippen LogP contribution >= 0.6 is 11.9 Å². The molecular formula is C15H16N2OS. The Hall–Kier alpha value is -1.42. The van der Waals surface area contributed by atoms with Crippen LogP contribution in [0.2, 0.25) is 0 Å². The molecule has 1 unspecified atom stereocenters. The molecule has 1 aromatic carbocycles. The van der Waals surface area contributed by atoms with Gasteiger partial charge in [0.25, 0.3) is 0 Å². The van der Waals surface area contributed by atoms with Crippen LogP contribution in [0.25, 0.3) is 10.9 Å². The molecule has 3 nitrogen and oxygen atoms in total. The van der Waals surface area contributed by atoms with Crippen molar-refractivity contribution in [3.05, 3.63) is 30.5 Å². The van der Waals surface area contributed by atoms with Gasteiger partial charge in [-0.05, 0) is 55.2 Å². The molecule has 1 heterocycles. The fraction of sp³-hybridized carbons (Fsp3) is 0.400. The average Bonchev–Trinajstić information content (AvgIpc) is 3.30. The van der Waals surface area contributed by atoms with Crippen molar-refractivity contribution < 1.29 is 4.79 Å². The number of para-hydroxylation sites is 1. The van der Waals surface area contributed by atoms with Gasteiger partial charge in [-0.25, -0.2) is 0 Å². The number of aromatic nitrogens is 1. The van der Waals surface area contributed by atoms with Crippen LogP contribution in [0.15, 0.2) is 35.4 Å². The quantitative estimate of drug-likeness (QED) is 0.838. The predicted molar refractivity (Wildman–Crippen MR) is 76.6 cm³/mol. The molecule has 2 N–H and O–H groups in total. The lowest BCUT2D eigenvalue weighted by atomic mass is 10.2. The van der Waals surface area contributed by atoms with Crippen LogP contribution in [0.3, 0.4) is 0 Å². The van der Waals surface area contributed by atoms with Gasteiger partial charge in [-0.1, -0.05) is 12.1 Å². The molecule has 0 spiro atoms. The van der Waals surface area contributed by atoms with E-state index in [0.717, 1.165) is 22.8 Å². The van der Waals surface area contributed by atoms with Crippen molar-refractivity contribution in [1.82, 2.24) is 9.71 Å². The predicted octanol–water partition coefficient (Wildman–Crippen LogP) is 3.34. The molecule has 0 saturated heterocycles. The standard InChI is InChI=1S/C15H16N2OS/c18-15(12-8-11(12)9-4-5-9)17-19-13-3-1-2-10-6-7-16-14(10)13/h1-3,6-7,9,11-12,16H,4-5,8H2,(H,17,18)/t11?,12-/m0/s1. The van der Waals surface area contributed by atoms with Gasteiger partial charge in [0.1, 0.15) is 0 Å². The summed E-state index contributed by atoms with van der Waals surface area (Å²) in [6.07, 6.45) is 5.71. The van der Waals surface area contributed by atoms with E-state index in [9.17, 15) is 4.79 Å². The highest BCUT2D eigenvalue weighted by atomic mass is 32.2. The molecule has 19 heavy (non-hydrogen) atoms. The number of amides is 1. The number of fused-ring (bicyclic) bond motifs is 1. The lowest BCUT2D eigenvalue weighted by molar-refractivity contribution is -0.120. The van der Waals surface area contributed by atoms with Gasteiger partial charge in [0.2, 0.25) is 5.91 Å². The topological polar surface area (TPSA) is 44.9 Å². The molecule has 2 aliphatic rings. The number of rotatable bonds is 4. The Balaban J connectivity index is 1.41. The van der Waals surface area contributed by atoms with Gasteiger partial charge in [-0.3, -0.25) is 9.52 Å². The van der Waals surface area contributed by atoms with Crippen LogP contribution in [0, 0.1) is 17.8 Å². The van der Waals surface area contributed by atoms with Crippen molar-refractivity contribution in [2.24, 2.45) is 17.8 Å². The zero-order chi connectivity index (χ0) is 12.8. The highest BCUT2D eigenvalue weighted by Gasteiger charge is 2.51. The van der Waals surface area contributed by atoms with E-state index in [1.54, 1.807) is 0 Å². The van der Waals surface area contributed by atoms with E-state index in [1.165, 1.54) is 30.2 Å². The van der Waals surface area contributed by atoms with Crippen LogP contribution < -0.4 is 4.72 Å². The number of nitrogens with one attached hydrogen (secondary N) is 2. The van der Waals surface area contributed by atoms with Gasteiger partial charge in [-0.15, -0.1) is 0 Å². The number of hydrogen-bond donors (Lipinski definition) is 2. The Bertz CT molecular complexity index is 632. The number of carbonyl (C=O) groups is 1. The number of hydrogen-bond acceptors (Lipinski definition) is 2. The number of aromatic amines is 1. The Kier molecular flexibility index (Phi) is 2.58. The second kappa shape index (κ2) is 4.30. The van der Waals surface area contributed by atoms with Crippen molar-refractivity contribution in [3.8, 4) is 0 Å². The second-order valence-corrected chi connectivity index (χ2v) is 6.46. The molecule has 2 saturated carbocycles. The smallest absolute Gasteiger partial charge is 0.233 e. The Morgan fingerprint density at radius 1 is 1.32 bits per heavy atom. The maximum atomic E-state index is 12.1. The summed E-state index contributed by atoms with van der Waals surface area (Å²) in [7, 11) is 0. The molecule has 98 valence electrons. The van der Waals surface area contributed by atoms with Crippen LogP contribution in [0.1, 0.15) is 19.3 Å². The molecule has 4 rings (SSSR count). The minimum absolute atomic E-state index is 0.213. The van der Waals surface area contributed by atoms with Gasteiger partial charge in [0.05, 0.1) is 10.4 Å². The third-order valence-corrected chi connectivity index (χ3v) is 5.08. The Morgan fingerprint density at radius 2 is 2.21 bits per heavy atom. The van der Waals surface area contributed by atoms with Gasteiger partial charge in [-0.2, -0.15) is 0 Å². The number of H-pyrrole nitrogens is 1. The van der Waals surface area contributed by atoms with E-state index in [-0.39, 0.29) is 11.8 Å². The van der Waals surface area contributed by atoms with Crippen molar-refractivity contribution in [1.29, 1.82) is 0 Å². The summed E-state index contributed by atoms with van der Waals surface area (Å²) >= 11 is 1.43. The third-order valence-electron chi connectivity index (χ3n) is 4.21. The lowest BCUT2D eigenvalue weighted by Gasteiger charge is -2.05. The van der Waals surface area contributed by atoms with E-state index >= 15 is 0 Å². The molecule has 4 heteroatoms. The SMILES string of the molecule is O=C(NSc1cccc2cc[nH]c12)[C@H]1CC1C1CC1. The summed E-state index contributed by atoms with van der Waals surface area (Å²) in [6.45, 7) is 0. The molecule has 0 bridgehead atoms. The fourth-order valence-corrected chi connectivity index (χ4v) is 3.67. The maximum Gasteiger partial charge on any atom is 0.233 e. The number of carbonyl (C=O) groups excluding carboxylic acids is 1. The van der Waals surface area contributed by atoms with Crippen molar-refractivity contribution in [2.75, 3.05) is 0 Å². The first-order valence-corrected chi connectivity index (χ1v) is 7.67. The van der Waals surface area contributed by atoms with E-state index in [0.29, 0.717) is 5.92 Å². The van der Waals surface area contributed by atoms with Crippen LogP contribution in [-0.2, 0) is 4.79 Å². The highest BCUT2D eigenvalue weighted by Crippen LogP contribution is 2.54. The third kappa shape index (κ3) is 2.14. The van der Waals surface area contributed by atoms with Crippen LogP contribution in [0.4, 0.5) is 0 Å². The molecule has 0 radical (unpaired) electrons. The Morgan fingerprint density at radius 3 is 3.05 bits per heavy atom. The normalized spacial score (nSPS) is 25.5. The zero-order valence-electron chi connectivity index (χ0n) is 10.6. The largest absolute Gasteiger partial charge is 0.360 e. The maximum absolute atomic E-state index is 12.1. The van der Waals surface area contributed by atoms with Crippen molar-refractivity contribution in [2.45, 2.75) is 24.2 Å². The molecule has 2 aliphatic carbocycles. The molecule has 2 fully saturated rings. The summed E-state index contributed by atoms with van der Waals surface area (Å²) < 4.78 is 3.01. The molecule has 0 aliphatic heterocycles. The van der Waals surface area contributed by atoms with Crippen LogP contribution in [-0.4, -0.2) is 10.9 Å². The minimum Gasteiger partial charge on any atom is -0.360 e. The van der Waals surface area contributed by atoms with E-state index in [2.05, 4.69) is 15.8 Å². The second-order valence-electron chi connectivity index (χ2n) is 5.61.